The zero-order chi connectivity index (χ0) is 12.1. The fraction of sp³-hybridized carbons (Fsp3) is 0.308. The molecule has 0 radical (unpaired) electrons. The molecule has 0 fully saturated rings. The van der Waals surface area contributed by atoms with Gasteiger partial charge in [0, 0.05) is 23.1 Å². The summed E-state index contributed by atoms with van der Waals surface area (Å²) >= 11 is 1.62. The van der Waals surface area contributed by atoms with E-state index in [1.807, 2.05) is 24.3 Å². The Kier molecular flexibility index (Phi) is 4.36. The first kappa shape index (κ1) is 12.4. The Morgan fingerprint density at radius 3 is 3.00 bits per heavy atom. The number of aliphatic hydroxyl groups excluding tert-OH is 2. The first-order valence-corrected chi connectivity index (χ1v) is 6.65. The maximum atomic E-state index is 9.23. The maximum Gasteiger partial charge on any atom is 0.0861 e. The van der Waals surface area contributed by atoms with Gasteiger partial charge in [0.05, 0.1) is 18.2 Å². The average molecular weight is 249 g/mol. The highest BCUT2D eigenvalue weighted by Crippen LogP contribution is 2.18. The zero-order valence-corrected chi connectivity index (χ0v) is 10.2. The molecule has 90 valence electrons. The minimum absolute atomic E-state index is 0.172. The van der Waals surface area contributed by atoms with Crippen LogP contribution in [0.4, 0.5) is 0 Å². The van der Waals surface area contributed by atoms with Gasteiger partial charge in [-0.05, 0) is 23.8 Å². The van der Waals surface area contributed by atoms with Crippen LogP contribution in [0.25, 0.3) is 10.9 Å². The van der Waals surface area contributed by atoms with Crippen molar-refractivity contribution in [2.75, 3.05) is 12.4 Å². The zero-order valence-electron chi connectivity index (χ0n) is 9.41. The lowest BCUT2D eigenvalue weighted by atomic mass is 10.1. The minimum atomic E-state index is -0.623. The van der Waals surface area contributed by atoms with Crippen LogP contribution in [0.1, 0.15) is 5.56 Å². The summed E-state index contributed by atoms with van der Waals surface area (Å²) in [6, 6.07) is 10.1. The van der Waals surface area contributed by atoms with Crippen LogP contribution in [-0.2, 0) is 5.75 Å². The van der Waals surface area contributed by atoms with Crippen molar-refractivity contribution >= 4 is 22.7 Å². The summed E-state index contributed by atoms with van der Waals surface area (Å²) in [6.45, 7) is -0.172. The highest BCUT2D eigenvalue weighted by Gasteiger charge is 2.02. The summed E-state index contributed by atoms with van der Waals surface area (Å²) in [5.41, 5.74) is 2.21. The van der Waals surface area contributed by atoms with E-state index in [1.165, 1.54) is 5.56 Å². The molecule has 0 spiro atoms. The van der Waals surface area contributed by atoms with Gasteiger partial charge in [0.15, 0.2) is 0 Å². The molecule has 3 nitrogen and oxygen atoms in total. The second kappa shape index (κ2) is 6.00. The standard InChI is InChI=1S/C13H15NO2S/c15-7-12(16)9-17-8-10-3-4-13-11(6-10)2-1-5-14-13/h1-6,12,15-16H,7-9H2. The third-order valence-corrected chi connectivity index (χ3v) is 3.62. The van der Waals surface area contributed by atoms with Crippen LogP contribution in [-0.4, -0.2) is 33.7 Å². The smallest absolute Gasteiger partial charge is 0.0861 e. The van der Waals surface area contributed by atoms with E-state index in [9.17, 15) is 5.11 Å². The second-order valence-corrected chi connectivity index (χ2v) is 4.91. The molecule has 0 amide bonds. The monoisotopic (exact) mass is 249 g/mol. The van der Waals surface area contributed by atoms with Crippen molar-refractivity contribution in [3.05, 3.63) is 42.1 Å². The van der Waals surface area contributed by atoms with E-state index in [2.05, 4.69) is 11.1 Å². The molecule has 2 N–H and O–H groups in total. The fourth-order valence-electron chi connectivity index (χ4n) is 1.58. The molecular formula is C13H15NO2S. The number of rotatable bonds is 5. The largest absolute Gasteiger partial charge is 0.394 e. The SMILES string of the molecule is OCC(O)CSCc1ccc2ncccc2c1. The quantitative estimate of drug-likeness (QED) is 0.848. The molecular weight excluding hydrogens is 234 g/mol. The van der Waals surface area contributed by atoms with Crippen LogP contribution >= 0.6 is 11.8 Å². The minimum Gasteiger partial charge on any atom is -0.394 e. The second-order valence-electron chi connectivity index (χ2n) is 3.88. The molecule has 0 aliphatic rings. The third kappa shape index (κ3) is 3.43. The van der Waals surface area contributed by atoms with Crippen molar-refractivity contribution in [1.29, 1.82) is 0 Å². The van der Waals surface area contributed by atoms with Gasteiger partial charge in [-0.15, -0.1) is 0 Å². The van der Waals surface area contributed by atoms with Gasteiger partial charge < -0.3 is 10.2 Å². The lowest BCUT2D eigenvalue weighted by Crippen LogP contribution is -2.14. The van der Waals surface area contributed by atoms with Crippen molar-refractivity contribution in [1.82, 2.24) is 4.98 Å². The molecule has 0 saturated carbocycles. The van der Waals surface area contributed by atoms with Crippen LogP contribution < -0.4 is 0 Å². The predicted octanol–water partition coefficient (Wildman–Crippen LogP) is 1.82. The summed E-state index contributed by atoms with van der Waals surface area (Å²) in [7, 11) is 0. The van der Waals surface area contributed by atoms with Crippen LogP contribution in [0.2, 0.25) is 0 Å². The predicted molar refractivity (Wildman–Crippen MR) is 71.0 cm³/mol. The van der Waals surface area contributed by atoms with Gasteiger partial charge in [-0.1, -0.05) is 12.1 Å². The van der Waals surface area contributed by atoms with E-state index in [4.69, 9.17) is 5.11 Å². The summed E-state index contributed by atoms with van der Waals surface area (Å²) in [6.07, 6.45) is 1.16. The molecule has 1 aromatic carbocycles. The van der Waals surface area contributed by atoms with Crippen molar-refractivity contribution < 1.29 is 10.2 Å². The Hall–Kier alpha value is -1.10. The number of aromatic nitrogens is 1. The van der Waals surface area contributed by atoms with Gasteiger partial charge >= 0.3 is 0 Å². The molecule has 1 aromatic heterocycles. The molecule has 1 atom stereocenters. The van der Waals surface area contributed by atoms with E-state index in [1.54, 1.807) is 18.0 Å². The van der Waals surface area contributed by atoms with Crippen LogP contribution in [0, 0.1) is 0 Å². The first-order valence-electron chi connectivity index (χ1n) is 5.50. The van der Waals surface area contributed by atoms with Crippen LogP contribution in [0.5, 0.6) is 0 Å². The molecule has 1 heterocycles. The molecule has 0 aliphatic heterocycles. The van der Waals surface area contributed by atoms with Gasteiger partial charge in [0.1, 0.15) is 0 Å². The van der Waals surface area contributed by atoms with E-state index in [0.29, 0.717) is 5.75 Å². The van der Waals surface area contributed by atoms with E-state index in [0.717, 1.165) is 16.7 Å². The molecule has 0 saturated heterocycles. The van der Waals surface area contributed by atoms with Gasteiger partial charge in [-0.3, -0.25) is 4.98 Å². The third-order valence-electron chi connectivity index (χ3n) is 2.46. The van der Waals surface area contributed by atoms with Gasteiger partial charge in [-0.2, -0.15) is 11.8 Å². The molecule has 0 bridgehead atoms. The molecule has 1 unspecified atom stereocenters. The number of aliphatic hydroxyl groups is 2. The van der Waals surface area contributed by atoms with E-state index >= 15 is 0 Å². The number of pyridine rings is 1. The Balaban J connectivity index is 1.99. The van der Waals surface area contributed by atoms with E-state index in [-0.39, 0.29) is 6.61 Å². The number of fused-ring (bicyclic) bond motifs is 1. The topological polar surface area (TPSA) is 53.4 Å². The summed E-state index contributed by atoms with van der Waals surface area (Å²) in [4.78, 5) is 4.26. The number of thioether (sulfide) groups is 1. The molecule has 2 aromatic rings. The Morgan fingerprint density at radius 2 is 2.18 bits per heavy atom. The lowest BCUT2D eigenvalue weighted by Gasteiger charge is -2.07. The Morgan fingerprint density at radius 1 is 1.29 bits per heavy atom. The van der Waals surface area contributed by atoms with Crippen molar-refractivity contribution in [2.45, 2.75) is 11.9 Å². The average Bonchev–Trinajstić information content (AvgIpc) is 2.38. The number of hydrogen-bond acceptors (Lipinski definition) is 4. The Bertz CT molecular complexity index is 490. The fourth-order valence-corrected chi connectivity index (χ4v) is 2.49. The summed E-state index contributed by atoms with van der Waals surface area (Å²) in [5.74, 6) is 1.39. The lowest BCUT2D eigenvalue weighted by molar-refractivity contribution is 0.113. The molecule has 2 rings (SSSR count). The summed E-state index contributed by atoms with van der Waals surface area (Å²) in [5, 5.41) is 19.1. The van der Waals surface area contributed by atoms with Gasteiger partial charge in [-0.25, -0.2) is 0 Å². The normalized spacial score (nSPS) is 12.8. The van der Waals surface area contributed by atoms with Crippen LogP contribution in [0.15, 0.2) is 36.5 Å². The maximum absolute atomic E-state index is 9.23. The molecule has 0 aliphatic carbocycles. The number of benzene rings is 1. The molecule has 4 heteroatoms. The Labute approximate surface area is 105 Å². The number of hydrogen-bond donors (Lipinski definition) is 2. The van der Waals surface area contributed by atoms with Crippen LogP contribution in [0.3, 0.4) is 0 Å². The van der Waals surface area contributed by atoms with Gasteiger partial charge in [0.2, 0.25) is 0 Å². The summed E-state index contributed by atoms with van der Waals surface area (Å²) < 4.78 is 0. The van der Waals surface area contributed by atoms with Crippen molar-refractivity contribution in [3.63, 3.8) is 0 Å². The van der Waals surface area contributed by atoms with E-state index < -0.39 is 6.10 Å². The van der Waals surface area contributed by atoms with Crippen molar-refractivity contribution in [3.8, 4) is 0 Å². The first-order chi connectivity index (χ1) is 8.29. The highest BCUT2D eigenvalue weighted by atomic mass is 32.2. The molecule has 17 heavy (non-hydrogen) atoms. The highest BCUT2D eigenvalue weighted by molar-refractivity contribution is 7.98. The van der Waals surface area contributed by atoms with Gasteiger partial charge in [0.25, 0.3) is 0 Å². The number of nitrogens with zero attached hydrogens (tertiary/aromatic N) is 1. The van der Waals surface area contributed by atoms with Crippen molar-refractivity contribution in [2.24, 2.45) is 0 Å².